The van der Waals surface area contributed by atoms with Crippen molar-refractivity contribution in [2.45, 2.75) is 26.2 Å². The van der Waals surface area contributed by atoms with Crippen LogP contribution in [0.3, 0.4) is 0 Å². The Morgan fingerprint density at radius 3 is 2.35 bits per heavy atom. The molecule has 0 unspecified atom stereocenters. The van der Waals surface area contributed by atoms with Crippen molar-refractivity contribution in [1.29, 1.82) is 0 Å². The standard InChI is InChI=1S/C17H19NO5/c1-8-2-3-11(16(20)21)7-12(8)18-15(19)13-9-4-5-10(6-9)14(13)17(22)23/h2-3,7,9-10,13-14H,4-6H2,1H3,(H,18,19)(H,20,21)(H,22,23)/t9-,10+,13-,14+/m1/s1. The molecule has 3 rings (SSSR count). The van der Waals surface area contributed by atoms with Crippen molar-refractivity contribution in [3.8, 4) is 0 Å². The van der Waals surface area contributed by atoms with Gasteiger partial charge in [-0.15, -0.1) is 0 Å². The molecule has 0 aromatic heterocycles. The minimum atomic E-state index is -1.07. The molecule has 0 spiro atoms. The number of carbonyl (C=O) groups excluding carboxylic acids is 1. The van der Waals surface area contributed by atoms with Crippen molar-refractivity contribution in [3.05, 3.63) is 29.3 Å². The summed E-state index contributed by atoms with van der Waals surface area (Å²) in [5, 5.41) is 21.2. The minimum absolute atomic E-state index is 0.0831. The van der Waals surface area contributed by atoms with Crippen LogP contribution in [0, 0.1) is 30.6 Å². The summed E-state index contributed by atoms with van der Waals surface area (Å²) >= 11 is 0. The Bertz CT molecular complexity index is 684. The summed E-state index contributed by atoms with van der Waals surface area (Å²) in [5.74, 6) is -3.24. The quantitative estimate of drug-likeness (QED) is 0.791. The van der Waals surface area contributed by atoms with E-state index < -0.39 is 23.8 Å². The predicted molar refractivity (Wildman–Crippen MR) is 82.2 cm³/mol. The third kappa shape index (κ3) is 2.69. The first kappa shape index (κ1) is 15.5. The maximum atomic E-state index is 12.6. The molecule has 0 heterocycles. The lowest BCUT2D eigenvalue weighted by Gasteiger charge is -2.27. The molecular formula is C17H19NO5. The van der Waals surface area contributed by atoms with E-state index in [-0.39, 0.29) is 23.3 Å². The van der Waals surface area contributed by atoms with Crippen LogP contribution in [0.25, 0.3) is 0 Å². The number of amides is 1. The molecule has 0 radical (unpaired) electrons. The van der Waals surface area contributed by atoms with Crippen molar-refractivity contribution < 1.29 is 24.6 Å². The molecule has 2 aliphatic carbocycles. The lowest BCUT2D eigenvalue weighted by Crippen LogP contribution is -2.38. The second-order valence-corrected chi connectivity index (χ2v) is 6.55. The van der Waals surface area contributed by atoms with Crippen molar-refractivity contribution >= 4 is 23.5 Å². The van der Waals surface area contributed by atoms with Gasteiger partial charge in [-0.2, -0.15) is 0 Å². The van der Waals surface area contributed by atoms with E-state index in [2.05, 4.69) is 5.32 Å². The van der Waals surface area contributed by atoms with Gasteiger partial charge in [0.05, 0.1) is 17.4 Å². The number of aromatic carboxylic acids is 1. The number of hydrogen-bond acceptors (Lipinski definition) is 3. The molecule has 0 aliphatic heterocycles. The molecule has 2 saturated carbocycles. The molecule has 1 amide bonds. The highest BCUT2D eigenvalue weighted by Crippen LogP contribution is 2.52. The molecule has 2 aliphatic rings. The van der Waals surface area contributed by atoms with Gasteiger partial charge in [0, 0.05) is 5.69 Å². The van der Waals surface area contributed by atoms with E-state index in [4.69, 9.17) is 5.11 Å². The molecule has 23 heavy (non-hydrogen) atoms. The smallest absolute Gasteiger partial charge is 0.335 e. The predicted octanol–water partition coefficient (Wildman–Crippen LogP) is 2.38. The Labute approximate surface area is 133 Å². The molecule has 3 N–H and O–H groups in total. The molecule has 0 saturated heterocycles. The van der Waals surface area contributed by atoms with Gasteiger partial charge >= 0.3 is 11.9 Å². The van der Waals surface area contributed by atoms with Gasteiger partial charge in [0.25, 0.3) is 0 Å². The number of anilines is 1. The van der Waals surface area contributed by atoms with Gasteiger partial charge in [0.15, 0.2) is 0 Å². The Morgan fingerprint density at radius 2 is 1.74 bits per heavy atom. The van der Waals surface area contributed by atoms with E-state index in [1.165, 1.54) is 12.1 Å². The number of aryl methyl sites for hydroxylation is 1. The number of nitrogens with one attached hydrogen (secondary N) is 1. The Morgan fingerprint density at radius 1 is 1.09 bits per heavy atom. The third-order valence-electron chi connectivity index (χ3n) is 5.25. The first-order valence-corrected chi connectivity index (χ1v) is 7.76. The van der Waals surface area contributed by atoms with Gasteiger partial charge in [-0.25, -0.2) is 4.79 Å². The number of benzene rings is 1. The number of rotatable bonds is 4. The maximum Gasteiger partial charge on any atom is 0.335 e. The maximum absolute atomic E-state index is 12.6. The van der Waals surface area contributed by atoms with Crippen LogP contribution in [0.2, 0.25) is 0 Å². The van der Waals surface area contributed by atoms with Gasteiger partial charge in [-0.3, -0.25) is 9.59 Å². The fourth-order valence-corrected chi connectivity index (χ4v) is 4.13. The van der Waals surface area contributed by atoms with Gasteiger partial charge in [0.1, 0.15) is 0 Å². The Kier molecular flexibility index (Phi) is 3.83. The summed E-state index contributed by atoms with van der Waals surface area (Å²) in [7, 11) is 0. The Hall–Kier alpha value is -2.37. The van der Waals surface area contributed by atoms with Gasteiger partial charge in [0.2, 0.25) is 5.91 Å². The molecule has 2 fully saturated rings. The Balaban J connectivity index is 1.83. The highest BCUT2D eigenvalue weighted by Gasteiger charge is 2.54. The van der Waals surface area contributed by atoms with Crippen LogP contribution in [0.15, 0.2) is 18.2 Å². The van der Waals surface area contributed by atoms with Crippen LogP contribution in [-0.2, 0) is 9.59 Å². The molecule has 2 bridgehead atoms. The average molecular weight is 317 g/mol. The van der Waals surface area contributed by atoms with E-state index >= 15 is 0 Å². The fraction of sp³-hybridized carbons (Fsp3) is 0.471. The molecule has 4 atom stereocenters. The largest absolute Gasteiger partial charge is 0.481 e. The molecule has 122 valence electrons. The highest BCUT2D eigenvalue weighted by molar-refractivity contribution is 5.98. The number of carboxylic acid groups (broad SMARTS) is 2. The number of aliphatic carboxylic acids is 1. The summed E-state index contributed by atoms with van der Waals surface area (Å²) in [5.41, 5.74) is 1.27. The molecular weight excluding hydrogens is 298 g/mol. The number of fused-ring (bicyclic) bond motifs is 2. The summed E-state index contributed by atoms with van der Waals surface area (Å²) in [6, 6.07) is 4.53. The summed E-state index contributed by atoms with van der Waals surface area (Å²) in [6.07, 6.45) is 2.56. The average Bonchev–Trinajstić information content (AvgIpc) is 3.09. The van der Waals surface area contributed by atoms with Crippen LogP contribution in [0.1, 0.15) is 35.2 Å². The third-order valence-corrected chi connectivity index (χ3v) is 5.25. The topological polar surface area (TPSA) is 104 Å². The van der Waals surface area contributed by atoms with E-state index in [9.17, 15) is 19.5 Å². The summed E-state index contributed by atoms with van der Waals surface area (Å²) in [6.45, 7) is 1.77. The van der Waals surface area contributed by atoms with E-state index in [0.29, 0.717) is 5.69 Å². The number of carbonyl (C=O) groups is 3. The zero-order valence-corrected chi connectivity index (χ0v) is 12.8. The fourth-order valence-electron chi connectivity index (χ4n) is 4.13. The lowest BCUT2D eigenvalue weighted by atomic mass is 9.78. The van der Waals surface area contributed by atoms with Crippen LogP contribution < -0.4 is 5.32 Å². The van der Waals surface area contributed by atoms with Crippen LogP contribution in [0.4, 0.5) is 5.69 Å². The SMILES string of the molecule is Cc1ccc(C(=O)O)cc1NC(=O)[C@@H]1[C@@H]2CC[C@@H](C2)[C@@H]1C(=O)O. The lowest BCUT2D eigenvalue weighted by molar-refractivity contribution is -0.148. The summed E-state index contributed by atoms with van der Waals surface area (Å²) in [4.78, 5) is 35.2. The highest BCUT2D eigenvalue weighted by atomic mass is 16.4. The van der Waals surface area contributed by atoms with Gasteiger partial charge < -0.3 is 15.5 Å². The van der Waals surface area contributed by atoms with Crippen molar-refractivity contribution in [1.82, 2.24) is 0 Å². The number of carboxylic acids is 2. The van der Waals surface area contributed by atoms with E-state index in [1.54, 1.807) is 13.0 Å². The molecule has 6 nitrogen and oxygen atoms in total. The molecule has 6 heteroatoms. The van der Waals surface area contributed by atoms with Crippen LogP contribution >= 0.6 is 0 Å². The first-order chi connectivity index (χ1) is 10.9. The zero-order chi connectivity index (χ0) is 16.7. The van der Waals surface area contributed by atoms with Gasteiger partial charge in [-0.1, -0.05) is 6.07 Å². The molecule has 1 aromatic rings. The minimum Gasteiger partial charge on any atom is -0.481 e. The van der Waals surface area contributed by atoms with Crippen LogP contribution in [0.5, 0.6) is 0 Å². The zero-order valence-electron chi connectivity index (χ0n) is 12.8. The second-order valence-electron chi connectivity index (χ2n) is 6.55. The number of hydrogen-bond donors (Lipinski definition) is 3. The molecule has 1 aromatic carbocycles. The summed E-state index contributed by atoms with van der Waals surface area (Å²) < 4.78 is 0. The first-order valence-electron chi connectivity index (χ1n) is 7.76. The van der Waals surface area contributed by atoms with Crippen molar-refractivity contribution in [3.63, 3.8) is 0 Å². The van der Waals surface area contributed by atoms with Crippen molar-refractivity contribution in [2.24, 2.45) is 23.7 Å². The monoisotopic (exact) mass is 317 g/mol. The van der Waals surface area contributed by atoms with E-state index in [0.717, 1.165) is 24.8 Å². The van der Waals surface area contributed by atoms with Crippen molar-refractivity contribution in [2.75, 3.05) is 5.32 Å². The van der Waals surface area contributed by atoms with Crippen LogP contribution in [-0.4, -0.2) is 28.1 Å². The normalized spacial score (nSPS) is 28.6. The van der Waals surface area contributed by atoms with Gasteiger partial charge in [-0.05, 0) is 55.7 Å². The van der Waals surface area contributed by atoms with E-state index in [1.807, 2.05) is 0 Å². The second kappa shape index (κ2) is 5.68.